The summed E-state index contributed by atoms with van der Waals surface area (Å²) in [5.41, 5.74) is 0.0281. The molecule has 0 saturated carbocycles. The number of sulfonamides is 1. The summed E-state index contributed by atoms with van der Waals surface area (Å²) < 4.78 is 26.5. The minimum absolute atomic E-state index is 0.0281. The summed E-state index contributed by atoms with van der Waals surface area (Å²) in [4.78, 5) is 12.7. The first-order chi connectivity index (χ1) is 10.3. The fraction of sp³-hybridized carbons (Fsp3) is 0. The zero-order valence-electron chi connectivity index (χ0n) is 10.7. The summed E-state index contributed by atoms with van der Waals surface area (Å²) >= 11 is 16.2. The predicted molar refractivity (Wildman–Crippen MR) is 93.9 cm³/mol. The topological polar surface area (TPSA) is 63.2 Å². The van der Waals surface area contributed by atoms with Crippen molar-refractivity contribution in [3.63, 3.8) is 0 Å². The maximum absolute atomic E-state index is 12.0. The zero-order chi connectivity index (χ0) is 16.3. The largest absolute Gasteiger partial charge is 0.268 e. The van der Waals surface area contributed by atoms with Gasteiger partial charge in [-0.2, -0.15) is 0 Å². The molecule has 4 nitrogen and oxygen atoms in total. The molecule has 22 heavy (non-hydrogen) atoms. The fourth-order valence-electron chi connectivity index (χ4n) is 1.47. The molecular weight excluding hydrogens is 433 g/mol. The maximum Gasteiger partial charge on any atom is 0.266 e. The van der Waals surface area contributed by atoms with Crippen molar-refractivity contribution in [1.82, 2.24) is 4.72 Å². The van der Waals surface area contributed by atoms with Gasteiger partial charge in [-0.05, 0) is 51.7 Å². The van der Waals surface area contributed by atoms with Crippen molar-refractivity contribution in [3.05, 3.63) is 60.0 Å². The van der Waals surface area contributed by atoms with Crippen molar-refractivity contribution in [3.8, 4) is 0 Å². The smallest absolute Gasteiger partial charge is 0.266 e. The molecule has 1 aromatic heterocycles. The summed E-state index contributed by atoms with van der Waals surface area (Å²) in [5, 5.41) is 3.16. The number of amides is 1. The number of carbonyl (C=O) groups is 1. The maximum atomic E-state index is 12.0. The molecule has 1 aromatic carbocycles. The van der Waals surface area contributed by atoms with Gasteiger partial charge in [0.25, 0.3) is 15.9 Å². The predicted octanol–water partition coefficient (Wildman–Crippen LogP) is 4.55. The Morgan fingerprint density at radius 2 is 2.00 bits per heavy atom. The van der Waals surface area contributed by atoms with E-state index in [-0.39, 0.29) is 10.6 Å². The summed E-state index contributed by atoms with van der Waals surface area (Å²) in [6, 6.07) is 5.97. The highest BCUT2D eigenvalue weighted by molar-refractivity contribution is 9.10. The second kappa shape index (κ2) is 7.14. The number of nitrogens with one attached hydrogen (secondary N) is 1. The average Bonchev–Trinajstić information content (AvgIpc) is 2.81. The molecule has 0 spiro atoms. The van der Waals surface area contributed by atoms with E-state index < -0.39 is 15.9 Å². The van der Waals surface area contributed by atoms with Crippen LogP contribution in [0.5, 0.6) is 0 Å². The van der Waals surface area contributed by atoms with E-state index in [0.29, 0.717) is 5.02 Å². The lowest BCUT2D eigenvalue weighted by atomic mass is 10.2. The average molecular weight is 441 g/mol. The highest BCUT2D eigenvalue weighted by Gasteiger charge is 2.16. The number of thiophene rings is 1. The quantitative estimate of drug-likeness (QED) is 0.758. The van der Waals surface area contributed by atoms with Crippen molar-refractivity contribution in [2.45, 2.75) is 0 Å². The Kier molecular flexibility index (Phi) is 5.68. The van der Waals surface area contributed by atoms with Gasteiger partial charge in [-0.1, -0.05) is 23.2 Å². The molecule has 0 saturated heterocycles. The van der Waals surface area contributed by atoms with E-state index in [0.717, 1.165) is 14.8 Å². The summed E-state index contributed by atoms with van der Waals surface area (Å²) in [6.07, 6.45) is 1.40. The van der Waals surface area contributed by atoms with Crippen LogP contribution in [0.1, 0.15) is 15.2 Å². The van der Waals surface area contributed by atoms with Gasteiger partial charge in [0.05, 0.1) is 16.0 Å². The standard InChI is InChI=1S/C13H8BrCl2NO3S2/c14-10-3-5-21-12(10)4-6-22(19,20)17-13(18)9-2-1-8(15)7-11(9)16/h1-7H,(H,17,18)/b6-4+. The highest BCUT2D eigenvalue weighted by atomic mass is 79.9. The van der Waals surface area contributed by atoms with E-state index in [1.54, 1.807) is 6.07 Å². The second-order valence-electron chi connectivity index (χ2n) is 4.04. The van der Waals surface area contributed by atoms with Gasteiger partial charge in [0.15, 0.2) is 0 Å². The lowest BCUT2D eigenvalue weighted by molar-refractivity contribution is 0.0982. The van der Waals surface area contributed by atoms with Crippen LogP contribution in [0.4, 0.5) is 0 Å². The Balaban J connectivity index is 2.16. The third-order valence-electron chi connectivity index (χ3n) is 2.45. The normalized spacial score (nSPS) is 11.8. The molecule has 9 heteroatoms. The molecule has 0 aliphatic heterocycles. The van der Waals surface area contributed by atoms with Crippen LogP contribution in [0.25, 0.3) is 6.08 Å². The van der Waals surface area contributed by atoms with Gasteiger partial charge in [0.2, 0.25) is 0 Å². The van der Waals surface area contributed by atoms with Crippen molar-refractivity contribution in [2.75, 3.05) is 0 Å². The molecule has 1 N–H and O–H groups in total. The van der Waals surface area contributed by atoms with E-state index in [2.05, 4.69) is 15.9 Å². The number of halogens is 3. The number of hydrogen-bond acceptors (Lipinski definition) is 4. The molecule has 0 unspecified atom stereocenters. The van der Waals surface area contributed by atoms with Crippen LogP contribution in [0.15, 0.2) is 39.5 Å². The molecule has 0 aliphatic carbocycles. The zero-order valence-corrected chi connectivity index (χ0v) is 15.4. The van der Waals surface area contributed by atoms with Gasteiger partial charge < -0.3 is 0 Å². The molecule has 1 amide bonds. The van der Waals surface area contributed by atoms with Crippen LogP contribution in [0.3, 0.4) is 0 Å². The molecule has 0 radical (unpaired) electrons. The Hall–Kier alpha value is -0.860. The van der Waals surface area contributed by atoms with Gasteiger partial charge in [-0.15, -0.1) is 11.3 Å². The van der Waals surface area contributed by atoms with Crippen LogP contribution in [0.2, 0.25) is 10.0 Å². The van der Waals surface area contributed by atoms with Crippen molar-refractivity contribution >= 4 is 72.5 Å². The lowest BCUT2D eigenvalue weighted by Crippen LogP contribution is -2.29. The molecule has 2 aromatic rings. The van der Waals surface area contributed by atoms with Gasteiger partial charge in [-0.25, -0.2) is 13.1 Å². The first kappa shape index (κ1) is 17.5. The minimum Gasteiger partial charge on any atom is -0.268 e. The molecule has 0 bridgehead atoms. The minimum atomic E-state index is -3.93. The molecular formula is C13H8BrCl2NO3S2. The molecule has 0 aliphatic rings. The Bertz CT molecular complexity index is 847. The van der Waals surface area contributed by atoms with E-state index in [1.807, 2.05) is 10.1 Å². The van der Waals surface area contributed by atoms with E-state index in [1.165, 1.54) is 35.6 Å². The highest BCUT2D eigenvalue weighted by Crippen LogP contribution is 2.24. The first-order valence-corrected chi connectivity index (χ1v) is 9.69. The molecule has 116 valence electrons. The fourth-order valence-corrected chi connectivity index (χ4v) is 4.20. The van der Waals surface area contributed by atoms with Crippen LogP contribution < -0.4 is 4.72 Å². The van der Waals surface area contributed by atoms with Gasteiger partial charge in [0, 0.05) is 14.4 Å². The number of carbonyl (C=O) groups excluding carboxylic acids is 1. The van der Waals surface area contributed by atoms with Gasteiger partial charge in [-0.3, -0.25) is 4.79 Å². The van der Waals surface area contributed by atoms with Gasteiger partial charge in [0.1, 0.15) is 0 Å². The number of hydrogen-bond donors (Lipinski definition) is 1. The Morgan fingerprint density at radius 3 is 2.59 bits per heavy atom. The second-order valence-corrected chi connectivity index (χ2v) is 8.25. The van der Waals surface area contributed by atoms with E-state index in [9.17, 15) is 13.2 Å². The number of rotatable bonds is 4. The van der Waals surface area contributed by atoms with Crippen molar-refractivity contribution in [1.29, 1.82) is 0 Å². The van der Waals surface area contributed by atoms with Crippen LogP contribution >= 0.6 is 50.5 Å². The van der Waals surface area contributed by atoms with Crippen LogP contribution in [0, 0.1) is 0 Å². The number of benzene rings is 1. The summed E-state index contributed by atoms with van der Waals surface area (Å²) in [6.45, 7) is 0. The van der Waals surface area contributed by atoms with E-state index >= 15 is 0 Å². The monoisotopic (exact) mass is 439 g/mol. The lowest BCUT2D eigenvalue weighted by Gasteiger charge is -2.05. The third-order valence-corrected chi connectivity index (χ3v) is 5.80. The molecule has 1 heterocycles. The SMILES string of the molecule is O=C(NS(=O)(=O)/C=C/c1sccc1Br)c1ccc(Cl)cc1Cl. The summed E-state index contributed by atoms with van der Waals surface area (Å²) in [5.74, 6) is -0.823. The van der Waals surface area contributed by atoms with E-state index in [4.69, 9.17) is 23.2 Å². The van der Waals surface area contributed by atoms with Crippen molar-refractivity contribution in [2.24, 2.45) is 0 Å². The molecule has 0 atom stereocenters. The van der Waals surface area contributed by atoms with Crippen LogP contribution in [-0.4, -0.2) is 14.3 Å². The van der Waals surface area contributed by atoms with Gasteiger partial charge >= 0.3 is 0 Å². The van der Waals surface area contributed by atoms with Crippen LogP contribution in [-0.2, 0) is 10.0 Å². The summed E-state index contributed by atoms with van der Waals surface area (Å²) in [7, 11) is -3.93. The third kappa shape index (κ3) is 4.57. The molecule has 0 fully saturated rings. The Labute approximate surface area is 149 Å². The van der Waals surface area contributed by atoms with Crippen molar-refractivity contribution < 1.29 is 13.2 Å². The Morgan fingerprint density at radius 1 is 1.27 bits per heavy atom. The molecule has 2 rings (SSSR count). The first-order valence-electron chi connectivity index (χ1n) is 5.72.